The molecule has 1 aliphatic heterocycles. The van der Waals surface area contributed by atoms with E-state index in [1.165, 1.54) is 0 Å². The first-order valence-electron chi connectivity index (χ1n) is 5.05. The van der Waals surface area contributed by atoms with Gasteiger partial charge in [-0.05, 0) is 6.92 Å². The minimum absolute atomic E-state index is 0.00259. The zero-order valence-electron chi connectivity index (χ0n) is 8.93. The van der Waals surface area contributed by atoms with Crippen molar-refractivity contribution < 1.29 is 9.53 Å². The normalized spacial score (nSPS) is 26.5. The molecule has 0 spiro atoms. The molecule has 2 atom stereocenters. The van der Waals surface area contributed by atoms with E-state index in [4.69, 9.17) is 4.74 Å². The Morgan fingerprint density at radius 1 is 1.73 bits per heavy atom. The first-order valence-corrected chi connectivity index (χ1v) is 5.05. The van der Waals surface area contributed by atoms with Crippen LogP contribution in [0.4, 0.5) is 0 Å². The molecule has 1 aliphatic rings. The van der Waals surface area contributed by atoms with Crippen LogP contribution in [0.2, 0.25) is 0 Å². The average molecular weight is 209 g/mol. The predicted octanol–water partition coefficient (Wildman–Crippen LogP) is -0.0203. The van der Waals surface area contributed by atoms with Crippen molar-refractivity contribution in [2.45, 2.75) is 19.1 Å². The SMILES string of the molecule is CC1OCCNC1C(=O)c1cn(C)cn1. The Kier molecular flexibility index (Phi) is 2.83. The number of ketones is 1. The fourth-order valence-electron chi connectivity index (χ4n) is 1.73. The second kappa shape index (κ2) is 4.12. The Bertz CT molecular complexity index is 361. The molecule has 1 N–H and O–H groups in total. The van der Waals surface area contributed by atoms with Gasteiger partial charge in [0.25, 0.3) is 0 Å². The molecule has 1 aromatic heterocycles. The molecule has 1 aromatic rings. The number of rotatable bonds is 2. The molecule has 2 rings (SSSR count). The molecule has 2 unspecified atom stereocenters. The van der Waals surface area contributed by atoms with E-state index in [0.717, 1.165) is 0 Å². The predicted molar refractivity (Wildman–Crippen MR) is 54.7 cm³/mol. The maximum absolute atomic E-state index is 12.0. The molecule has 1 saturated heterocycles. The van der Waals surface area contributed by atoms with Crippen LogP contribution in [0.5, 0.6) is 0 Å². The van der Waals surface area contributed by atoms with Gasteiger partial charge in [0.05, 0.1) is 25.1 Å². The van der Waals surface area contributed by atoms with E-state index in [2.05, 4.69) is 10.3 Å². The van der Waals surface area contributed by atoms with Crippen LogP contribution >= 0.6 is 0 Å². The zero-order valence-corrected chi connectivity index (χ0v) is 8.93. The van der Waals surface area contributed by atoms with Crippen LogP contribution in [0.3, 0.4) is 0 Å². The van der Waals surface area contributed by atoms with Gasteiger partial charge in [-0.15, -0.1) is 0 Å². The molecule has 0 aromatic carbocycles. The second-order valence-electron chi connectivity index (χ2n) is 3.80. The lowest BCUT2D eigenvalue weighted by Crippen LogP contribution is -2.51. The van der Waals surface area contributed by atoms with Crippen LogP contribution in [-0.2, 0) is 11.8 Å². The van der Waals surface area contributed by atoms with Crippen molar-refractivity contribution in [1.82, 2.24) is 14.9 Å². The Morgan fingerprint density at radius 2 is 2.53 bits per heavy atom. The van der Waals surface area contributed by atoms with E-state index in [1.807, 2.05) is 14.0 Å². The van der Waals surface area contributed by atoms with Gasteiger partial charge in [0.1, 0.15) is 5.69 Å². The second-order valence-corrected chi connectivity index (χ2v) is 3.80. The number of hydrogen-bond acceptors (Lipinski definition) is 4. The van der Waals surface area contributed by atoms with Crippen molar-refractivity contribution in [2.24, 2.45) is 7.05 Å². The van der Waals surface area contributed by atoms with Crippen LogP contribution in [0.1, 0.15) is 17.4 Å². The molecular formula is C10H15N3O2. The number of morpholine rings is 1. The van der Waals surface area contributed by atoms with Crippen LogP contribution < -0.4 is 5.32 Å². The number of ether oxygens (including phenoxy) is 1. The Hall–Kier alpha value is -1.20. The van der Waals surface area contributed by atoms with Crippen molar-refractivity contribution in [3.8, 4) is 0 Å². The lowest BCUT2D eigenvalue weighted by molar-refractivity contribution is 0.0109. The molecule has 15 heavy (non-hydrogen) atoms. The monoisotopic (exact) mass is 209 g/mol. The number of hydrogen-bond donors (Lipinski definition) is 1. The summed E-state index contributed by atoms with van der Waals surface area (Å²) in [5, 5.41) is 3.15. The number of nitrogens with one attached hydrogen (secondary N) is 1. The van der Waals surface area contributed by atoms with E-state index in [-0.39, 0.29) is 17.9 Å². The van der Waals surface area contributed by atoms with Crippen LogP contribution in [0.25, 0.3) is 0 Å². The van der Waals surface area contributed by atoms with Crippen molar-refractivity contribution in [3.63, 3.8) is 0 Å². The van der Waals surface area contributed by atoms with E-state index in [0.29, 0.717) is 18.8 Å². The van der Waals surface area contributed by atoms with E-state index in [9.17, 15) is 4.79 Å². The number of aryl methyl sites for hydroxylation is 1. The van der Waals surface area contributed by atoms with Crippen LogP contribution in [0.15, 0.2) is 12.5 Å². The highest BCUT2D eigenvalue weighted by Gasteiger charge is 2.30. The largest absolute Gasteiger partial charge is 0.375 e. The lowest BCUT2D eigenvalue weighted by Gasteiger charge is -2.28. The number of nitrogens with zero attached hydrogens (tertiary/aromatic N) is 2. The maximum Gasteiger partial charge on any atom is 0.202 e. The number of aromatic nitrogens is 2. The van der Waals surface area contributed by atoms with Gasteiger partial charge in [0.15, 0.2) is 0 Å². The Balaban J connectivity index is 2.13. The highest BCUT2D eigenvalue weighted by Crippen LogP contribution is 2.09. The summed E-state index contributed by atoms with van der Waals surface area (Å²) in [6.07, 6.45) is 3.26. The van der Waals surface area contributed by atoms with Gasteiger partial charge in [-0.3, -0.25) is 4.79 Å². The molecule has 5 nitrogen and oxygen atoms in total. The minimum atomic E-state index is -0.270. The van der Waals surface area contributed by atoms with Gasteiger partial charge in [-0.25, -0.2) is 4.98 Å². The molecule has 1 fully saturated rings. The Labute approximate surface area is 88.4 Å². The fraction of sp³-hybridized carbons (Fsp3) is 0.600. The third-order valence-electron chi connectivity index (χ3n) is 2.56. The molecule has 0 amide bonds. The lowest BCUT2D eigenvalue weighted by atomic mass is 10.0. The summed E-state index contributed by atoms with van der Waals surface area (Å²) in [5.41, 5.74) is 0.493. The summed E-state index contributed by atoms with van der Waals surface area (Å²) >= 11 is 0. The van der Waals surface area contributed by atoms with Gasteiger partial charge in [-0.1, -0.05) is 0 Å². The first-order chi connectivity index (χ1) is 7.18. The van der Waals surface area contributed by atoms with Gasteiger partial charge in [-0.2, -0.15) is 0 Å². The van der Waals surface area contributed by atoms with Gasteiger partial charge >= 0.3 is 0 Å². The highest BCUT2D eigenvalue weighted by atomic mass is 16.5. The summed E-state index contributed by atoms with van der Waals surface area (Å²) < 4.78 is 7.19. The average Bonchev–Trinajstić information content (AvgIpc) is 2.65. The summed E-state index contributed by atoms with van der Waals surface area (Å²) in [5.74, 6) is 0.00259. The standard InChI is InChI=1S/C10H15N3O2/c1-7-9(11-3-4-15-7)10(14)8-5-13(2)6-12-8/h5-7,9,11H,3-4H2,1-2H3. The molecule has 0 aliphatic carbocycles. The number of carbonyl (C=O) groups is 1. The summed E-state index contributed by atoms with van der Waals surface area (Å²) in [6.45, 7) is 3.28. The molecule has 2 heterocycles. The van der Waals surface area contributed by atoms with Crippen molar-refractivity contribution in [1.29, 1.82) is 0 Å². The molecule has 0 saturated carbocycles. The summed E-state index contributed by atoms with van der Waals surface area (Å²) in [6, 6.07) is -0.270. The van der Waals surface area contributed by atoms with Crippen molar-refractivity contribution >= 4 is 5.78 Å². The topological polar surface area (TPSA) is 56.1 Å². The maximum atomic E-state index is 12.0. The van der Waals surface area contributed by atoms with Crippen molar-refractivity contribution in [2.75, 3.05) is 13.2 Å². The molecule has 5 heteroatoms. The fourth-order valence-corrected chi connectivity index (χ4v) is 1.73. The van der Waals surface area contributed by atoms with Crippen LogP contribution in [0, 0.1) is 0 Å². The zero-order chi connectivity index (χ0) is 10.8. The molecular weight excluding hydrogens is 194 g/mol. The van der Waals surface area contributed by atoms with Gasteiger partial charge in [0.2, 0.25) is 5.78 Å². The minimum Gasteiger partial charge on any atom is -0.375 e. The summed E-state index contributed by atoms with van der Waals surface area (Å²) in [4.78, 5) is 16.0. The van der Waals surface area contributed by atoms with Crippen LogP contribution in [-0.4, -0.2) is 40.6 Å². The molecule has 0 radical (unpaired) electrons. The third kappa shape index (κ3) is 2.08. The first kappa shape index (κ1) is 10.3. The quantitative estimate of drug-likeness (QED) is 0.695. The van der Waals surface area contributed by atoms with E-state index >= 15 is 0 Å². The van der Waals surface area contributed by atoms with Gasteiger partial charge < -0.3 is 14.6 Å². The smallest absolute Gasteiger partial charge is 0.202 e. The third-order valence-corrected chi connectivity index (χ3v) is 2.56. The Morgan fingerprint density at radius 3 is 3.13 bits per heavy atom. The number of imidazole rings is 1. The summed E-state index contributed by atoms with van der Waals surface area (Å²) in [7, 11) is 1.85. The molecule has 0 bridgehead atoms. The van der Waals surface area contributed by atoms with Crippen molar-refractivity contribution in [3.05, 3.63) is 18.2 Å². The van der Waals surface area contributed by atoms with Gasteiger partial charge in [0, 0.05) is 19.8 Å². The number of carbonyl (C=O) groups excluding carboxylic acids is 1. The molecule has 82 valence electrons. The highest BCUT2D eigenvalue weighted by molar-refractivity contribution is 5.98. The number of Topliss-reactive ketones (excluding diaryl/α,β-unsaturated/α-hetero) is 1. The van der Waals surface area contributed by atoms with E-state index < -0.39 is 0 Å². The van der Waals surface area contributed by atoms with E-state index in [1.54, 1.807) is 17.1 Å².